The van der Waals surface area contributed by atoms with E-state index in [1.165, 1.54) is 10.4 Å². The van der Waals surface area contributed by atoms with Gasteiger partial charge in [-0.2, -0.15) is 0 Å². The number of rotatable bonds is 4. The maximum absolute atomic E-state index is 5.38. The van der Waals surface area contributed by atoms with E-state index in [-0.39, 0.29) is 0 Å². The van der Waals surface area contributed by atoms with Gasteiger partial charge in [-0.05, 0) is 26.1 Å². The number of ether oxygens (including phenoxy) is 1. The molecule has 0 saturated carbocycles. The zero-order valence-corrected chi connectivity index (χ0v) is 11.1. The lowest BCUT2D eigenvalue weighted by molar-refractivity contribution is 0.416. The summed E-state index contributed by atoms with van der Waals surface area (Å²) in [5, 5.41) is 4.14. The fourth-order valence-electron chi connectivity index (χ4n) is 1.68. The van der Waals surface area contributed by atoms with Gasteiger partial charge in [0.2, 0.25) is 0 Å². The number of nitrogens with zero attached hydrogens (tertiary/aromatic N) is 1. The molecule has 90 valence electrons. The molecule has 2 aromatic rings. The second-order valence-electron chi connectivity index (χ2n) is 3.87. The average molecular weight is 248 g/mol. The first-order valence-corrected chi connectivity index (χ1v) is 6.30. The first-order valence-electron chi connectivity index (χ1n) is 5.49. The van der Waals surface area contributed by atoms with Crippen LogP contribution in [0.1, 0.15) is 10.4 Å². The summed E-state index contributed by atoms with van der Waals surface area (Å²) in [6.45, 7) is 2.93. The molecule has 1 N–H and O–H groups in total. The molecular formula is C13H16N2OS. The van der Waals surface area contributed by atoms with Crippen molar-refractivity contribution in [2.45, 2.75) is 13.5 Å². The third kappa shape index (κ3) is 2.65. The van der Waals surface area contributed by atoms with Crippen LogP contribution >= 0.6 is 11.3 Å². The van der Waals surface area contributed by atoms with Crippen molar-refractivity contribution in [2.24, 2.45) is 0 Å². The van der Waals surface area contributed by atoms with Crippen LogP contribution in [-0.4, -0.2) is 19.1 Å². The molecular weight excluding hydrogens is 232 g/mol. The number of thiazole rings is 1. The van der Waals surface area contributed by atoms with Crippen LogP contribution in [0.3, 0.4) is 0 Å². The highest BCUT2D eigenvalue weighted by Crippen LogP contribution is 2.33. The lowest BCUT2D eigenvalue weighted by Gasteiger charge is -2.06. The lowest BCUT2D eigenvalue weighted by atomic mass is 10.1. The number of hydrogen-bond donors (Lipinski definition) is 1. The Bertz CT molecular complexity index is 508. The van der Waals surface area contributed by atoms with E-state index in [0.717, 1.165) is 22.9 Å². The maximum Gasteiger partial charge on any atom is 0.129 e. The predicted octanol–water partition coefficient (Wildman–Crippen LogP) is 2.85. The van der Waals surface area contributed by atoms with Gasteiger partial charge in [0.05, 0.1) is 12.7 Å². The molecule has 1 heterocycles. The molecule has 17 heavy (non-hydrogen) atoms. The standard InChI is InChI=1S/C13H16N2OS/c1-9-4-5-12(16-3)11(6-9)13-15-8-10(17-13)7-14-2/h4-6,8,14H,7H2,1-3H3. The number of hydrogen-bond acceptors (Lipinski definition) is 4. The van der Waals surface area contributed by atoms with E-state index in [1.807, 2.05) is 25.4 Å². The topological polar surface area (TPSA) is 34.2 Å². The van der Waals surface area contributed by atoms with Crippen molar-refractivity contribution >= 4 is 11.3 Å². The maximum atomic E-state index is 5.38. The summed E-state index contributed by atoms with van der Waals surface area (Å²) in [6.07, 6.45) is 1.91. The van der Waals surface area contributed by atoms with Gasteiger partial charge in [0.15, 0.2) is 0 Å². The molecule has 0 aliphatic carbocycles. The summed E-state index contributed by atoms with van der Waals surface area (Å²) in [4.78, 5) is 5.68. The fraction of sp³-hybridized carbons (Fsp3) is 0.308. The van der Waals surface area contributed by atoms with Crippen LogP contribution in [0.15, 0.2) is 24.4 Å². The summed E-state index contributed by atoms with van der Waals surface area (Å²) in [5.41, 5.74) is 2.28. The molecule has 0 aliphatic rings. The van der Waals surface area contributed by atoms with Crippen LogP contribution in [0.2, 0.25) is 0 Å². The molecule has 3 nitrogen and oxygen atoms in total. The van der Waals surface area contributed by atoms with Crippen molar-refractivity contribution in [1.29, 1.82) is 0 Å². The predicted molar refractivity (Wildman–Crippen MR) is 71.6 cm³/mol. The van der Waals surface area contributed by atoms with Crippen LogP contribution in [0, 0.1) is 6.92 Å². The Kier molecular flexibility index (Phi) is 3.76. The lowest BCUT2D eigenvalue weighted by Crippen LogP contribution is -2.02. The van der Waals surface area contributed by atoms with Crippen molar-refractivity contribution in [3.8, 4) is 16.3 Å². The molecule has 0 saturated heterocycles. The molecule has 0 bridgehead atoms. The highest BCUT2D eigenvalue weighted by molar-refractivity contribution is 7.15. The Morgan fingerprint density at radius 3 is 2.94 bits per heavy atom. The van der Waals surface area contributed by atoms with Crippen molar-refractivity contribution in [1.82, 2.24) is 10.3 Å². The second-order valence-corrected chi connectivity index (χ2v) is 4.98. The summed E-state index contributed by atoms with van der Waals surface area (Å²) in [6, 6.07) is 6.15. The van der Waals surface area contributed by atoms with Gasteiger partial charge in [0.25, 0.3) is 0 Å². The van der Waals surface area contributed by atoms with Gasteiger partial charge in [-0.3, -0.25) is 0 Å². The van der Waals surface area contributed by atoms with Gasteiger partial charge in [-0.15, -0.1) is 11.3 Å². The van der Waals surface area contributed by atoms with E-state index in [0.29, 0.717) is 0 Å². The highest BCUT2D eigenvalue weighted by atomic mass is 32.1. The third-order valence-electron chi connectivity index (χ3n) is 2.49. The van der Waals surface area contributed by atoms with Crippen molar-refractivity contribution in [3.63, 3.8) is 0 Å². The van der Waals surface area contributed by atoms with Crippen LogP contribution in [0.5, 0.6) is 5.75 Å². The Morgan fingerprint density at radius 2 is 2.24 bits per heavy atom. The van der Waals surface area contributed by atoms with E-state index >= 15 is 0 Å². The zero-order chi connectivity index (χ0) is 12.3. The molecule has 0 unspecified atom stereocenters. The van der Waals surface area contributed by atoms with Crippen LogP contribution < -0.4 is 10.1 Å². The number of methoxy groups -OCH3 is 1. The van der Waals surface area contributed by atoms with Crippen LogP contribution in [0.4, 0.5) is 0 Å². The quantitative estimate of drug-likeness (QED) is 0.903. The number of benzene rings is 1. The van der Waals surface area contributed by atoms with Crippen molar-refractivity contribution in [2.75, 3.05) is 14.2 Å². The molecule has 0 aliphatic heterocycles. The molecule has 4 heteroatoms. The molecule has 0 fully saturated rings. The average Bonchev–Trinajstić information content (AvgIpc) is 2.78. The van der Waals surface area contributed by atoms with Gasteiger partial charge in [-0.25, -0.2) is 4.98 Å². The molecule has 1 aromatic carbocycles. The number of aryl methyl sites for hydroxylation is 1. The molecule has 0 radical (unpaired) electrons. The van der Waals surface area contributed by atoms with Crippen LogP contribution in [-0.2, 0) is 6.54 Å². The van der Waals surface area contributed by atoms with Gasteiger partial charge in [0, 0.05) is 17.6 Å². The smallest absolute Gasteiger partial charge is 0.129 e. The first-order chi connectivity index (χ1) is 8.24. The van der Waals surface area contributed by atoms with Crippen molar-refractivity contribution in [3.05, 3.63) is 34.8 Å². The van der Waals surface area contributed by atoms with Gasteiger partial charge in [0.1, 0.15) is 10.8 Å². The zero-order valence-electron chi connectivity index (χ0n) is 10.3. The minimum atomic E-state index is 0.853. The first kappa shape index (κ1) is 12.1. The van der Waals surface area contributed by atoms with Crippen molar-refractivity contribution < 1.29 is 4.74 Å². The molecule has 0 amide bonds. The van der Waals surface area contributed by atoms with E-state index in [4.69, 9.17) is 4.74 Å². The van der Waals surface area contributed by atoms with E-state index < -0.39 is 0 Å². The summed E-state index contributed by atoms with van der Waals surface area (Å²) < 4.78 is 5.38. The van der Waals surface area contributed by atoms with Crippen LogP contribution in [0.25, 0.3) is 10.6 Å². The molecule has 2 rings (SSSR count). The summed E-state index contributed by atoms with van der Waals surface area (Å²) in [7, 11) is 3.63. The van der Waals surface area contributed by atoms with E-state index in [1.54, 1.807) is 18.4 Å². The largest absolute Gasteiger partial charge is 0.496 e. The third-order valence-corrected chi connectivity index (χ3v) is 3.52. The number of nitrogens with one attached hydrogen (secondary N) is 1. The molecule has 1 aromatic heterocycles. The Balaban J connectivity index is 2.40. The second kappa shape index (κ2) is 5.29. The van der Waals surface area contributed by atoms with Gasteiger partial charge < -0.3 is 10.1 Å². The minimum absolute atomic E-state index is 0.853. The molecule has 0 atom stereocenters. The summed E-state index contributed by atoms with van der Waals surface area (Å²) >= 11 is 1.70. The Labute approximate surface area is 105 Å². The Morgan fingerprint density at radius 1 is 1.41 bits per heavy atom. The number of aromatic nitrogens is 1. The van der Waals surface area contributed by atoms with E-state index in [9.17, 15) is 0 Å². The SMILES string of the molecule is CNCc1cnc(-c2cc(C)ccc2OC)s1. The van der Waals surface area contributed by atoms with Gasteiger partial charge >= 0.3 is 0 Å². The minimum Gasteiger partial charge on any atom is -0.496 e. The highest BCUT2D eigenvalue weighted by Gasteiger charge is 2.10. The normalized spacial score (nSPS) is 10.5. The van der Waals surface area contributed by atoms with Gasteiger partial charge in [-0.1, -0.05) is 11.6 Å². The Hall–Kier alpha value is -1.39. The van der Waals surface area contributed by atoms with E-state index in [2.05, 4.69) is 23.3 Å². The monoisotopic (exact) mass is 248 g/mol. The fourth-order valence-corrected chi connectivity index (χ4v) is 2.62. The summed E-state index contributed by atoms with van der Waals surface area (Å²) in [5.74, 6) is 0.876. The molecule has 0 spiro atoms.